The van der Waals surface area contributed by atoms with Gasteiger partial charge in [0.15, 0.2) is 0 Å². The van der Waals surface area contributed by atoms with Crippen LogP contribution in [0.15, 0.2) is 6.07 Å². The first-order valence-electron chi connectivity index (χ1n) is 6.54. The molecule has 0 aromatic carbocycles. The van der Waals surface area contributed by atoms with Crippen LogP contribution in [-0.4, -0.2) is 29.2 Å². The molecule has 0 fully saturated rings. The molecule has 0 saturated carbocycles. The van der Waals surface area contributed by atoms with Crippen LogP contribution in [0.2, 0.25) is 0 Å². The standard InChI is InChI=1S/C14H21N3OS/c1-14(2,18-3)8-16-13-10(12(15)19)7-9-5-4-6-11(9)17-13/h7H,4-6,8H2,1-3H3,(H2,15,19)(H,16,17). The van der Waals surface area contributed by atoms with Crippen molar-refractivity contribution < 1.29 is 4.74 Å². The Morgan fingerprint density at radius 1 is 1.53 bits per heavy atom. The average molecular weight is 279 g/mol. The van der Waals surface area contributed by atoms with E-state index < -0.39 is 0 Å². The predicted octanol–water partition coefficient (Wildman–Crippen LogP) is 2.04. The number of anilines is 1. The van der Waals surface area contributed by atoms with E-state index in [2.05, 4.69) is 16.4 Å². The molecule has 19 heavy (non-hydrogen) atoms. The molecular weight excluding hydrogens is 258 g/mol. The lowest BCUT2D eigenvalue weighted by Gasteiger charge is -2.24. The van der Waals surface area contributed by atoms with Gasteiger partial charge < -0.3 is 15.8 Å². The SMILES string of the molecule is COC(C)(C)CNc1nc2c(cc1C(N)=S)CCC2. The van der Waals surface area contributed by atoms with Gasteiger partial charge in [-0.05, 0) is 44.7 Å². The number of rotatable bonds is 5. The van der Waals surface area contributed by atoms with E-state index in [1.807, 2.05) is 13.8 Å². The van der Waals surface area contributed by atoms with Gasteiger partial charge in [-0.25, -0.2) is 4.98 Å². The van der Waals surface area contributed by atoms with Crippen LogP contribution < -0.4 is 11.1 Å². The molecule has 0 aliphatic heterocycles. The molecule has 0 unspecified atom stereocenters. The first-order valence-corrected chi connectivity index (χ1v) is 6.95. The highest BCUT2D eigenvalue weighted by Crippen LogP contribution is 2.25. The van der Waals surface area contributed by atoms with Crippen molar-refractivity contribution in [1.82, 2.24) is 4.98 Å². The second kappa shape index (κ2) is 5.43. The van der Waals surface area contributed by atoms with E-state index in [1.54, 1.807) is 7.11 Å². The number of fused-ring (bicyclic) bond motifs is 1. The third kappa shape index (κ3) is 3.22. The zero-order valence-corrected chi connectivity index (χ0v) is 12.6. The van der Waals surface area contributed by atoms with Gasteiger partial charge in [0.2, 0.25) is 0 Å². The van der Waals surface area contributed by atoms with Gasteiger partial charge >= 0.3 is 0 Å². The molecule has 5 heteroatoms. The van der Waals surface area contributed by atoms with Crippen molar-refractivity contribution in [3.8, 4) is 0 Å². The number of aromatic nitrogens is 1. The molecule has 0 radical (unpaired) electrons. The Bertz CT molecular complexity index is 500. The molecule has 0 saturated heterocycles. The zero-order valence-electron chi connectivity index (χ0n) is 11.7. The van der Waals surface area contributed by atoms with E-state index in [-0.39, 0.29) is 5.60 Å². The minimum Gasteiger partial charge on any atom is -0.389 e. The topological polar surface area (TPSA) is 60.2 Å². The second-order valence-electron chi connectivity index (χ2n) is 5.53. The highest BCUT2D eigenvalue weighted by atomic mass is 32.1. The number of methoxy groups -OCH3 is 1. The minimum absolute atomic E-state index is 0.256. The second-order valence-corrected chi connectivity index (χ2v) is 5.97. The quantitative estimate of drug-likeness (QED) is 0.808. The number of ether oxygens (including phenoxy) is 1. The molecule has 0 bridgehead atoms. The smallest absolute Gasteiger partial charge is 0.136 e. The summed E-state index contributed by atoms with van der Waals surface area (Å²) < 4.78 is 5.40. The molecule has 104 valence electrons. The van der Waals surface area contributed by atoms with E-state index in [0.717, 1.165) is 36.3 Å². The van der Waals surface area contributed by atoms with E-state index >= 15 is 0 Å². The maximum Gasteiger partial charge on any atom is 0.136 e. The molecule has 0 amide bonds. The van der Waals surface area contributed by atoms with Crippen molar-refractivity contribution in [2.24, 2.45) is 5.73 Å². The number of pyridine rings is 1. The van der Waals surface area contributed by atoms with E-state index in [4.69, 9.17) is 22.7 Å². The summed E-state index contributed by atoms with van der Waals surface area (Å²) in [6, 6.07) is 2.08. The summed E-state index contributed by atoms with van der Waals surface area (Å²) >= 11 is 5.12. The number of aryl methyl sites for hydroxylation is 2. The molecule has 1 aromatic rings. The summed E-state index contributed by atoms with van der Waals surface area (Å²) in [6.07, 6.45) is 3.27. The van der Waals surface area contributed by atoms with Crippen molar-refractivity contribution >= 4 is 23.0 Å². The summed E-state index contributed by atoms with van der Waals surface area (Å²) in [4.78, 5) is 5.07. The van der Waals surface area contributed by atoms with Crippen LogP contribution in [0.1, 0.15) is 37.1 Å². The number of nitrogens with zero attached hydrogens (tertiary/aromatic N) is 1. The Kier molecular flexibility index (Phi) is 4.06. The van der Waals surface area contributed by atoms with Crippen molar-refractivity contribution in [2.75, 3.05) is 19.0 Å². The Labute approximate surface area is 119 Å². The summed E-state index contributed by atoms with van der Waals surface area (Å²) in [6.45, 7) is 4.70. The van der Waals surface area contributed by atoms with Crippen LogP contribution in [0, 0.1) is 0 Å². The highest BCUT2D eigenvalue weighted by Gasteiger charge is 2.20. The van der Waals surface area contributed by atoms with Crippen LogP contribution >= 0.6 is 12.2 Å². The average Bonchev–Trinajstić information content (AvgIpc) is 2.82. The van der Waals surface area contributed by atoms with Gasteiger partial charge in [-0.2, -0.15) is 0 Å². The normalized spacial score (nSPS) is 14.3. The highest BCUT2D eigenvalue weighted by molar-refractivity contribution is 7.80. The monoisotopic (exact) mass is 279 g/mol. The van der Waals surface area contributed by atoms with Gasteiger partial charge in [-0.3, -0.25) is 0 Å². The van der Waals surface area contributed by atoms with Gasteiger partial charge in [-0.1, -0.05) is 12.2 Å². The van der Waals surface area contributed by atoms with Crippen molar-refractivity contribution in [2.45, 2.75) is 38.7 Å². The van der Waals surface area contributed by atoms with E-state index in [0.29, 0.717) is 11.5 Å². The van der Waals surface area contributed by atoms with Crippen molar-refractivity contribution in [3.63, 3.8) is 0 Å². The number of hydrogen-bond acceptors (Lipinski definition) is 4. The molecule has 1 aliphatic carbocycles. The molecule has 3 N–H and O–H groups in total. The maximum atomic E-state index is 5.80. The fourth-order valence-corrected chi connectivity index (χ4v) is 2.32. The number of thiocarbonyl (C=S) groups is 1. The minimum atomic E-state index is -0.256. The van der Waals surface area contributed by atoms with Crippen molar-refractivity contribution in [3.05, 3.63) is 22.9 Å². The lowest BCUT2D eigenvalue weighted by Crippen LogP contribution is -2.33. The summed E-state index contributed by atoms with van der Waals surface area (Å²) in [5.41, 5.74) is 8.82. The Balaban J connectivity index is 2.26. The predicted molar refractivity (Wildman–Crippen MR) is 81.7 cm³/mol. The largest absolute Gasteiger partial charge is 0.389 e. The van der Waals surface area contributed by atoms with E-state index in [9.17, 15) is 0 Å². The Hall–Kier alpha value is -1.20. The third-order valence-corrected chi connectivity index (χ3v) is 3.77. The Morgan fingerprint density at radius 3 is 2.89 bits per heavy atom. The number of hydrogen-bond donors (Lipinski definition) is 2. The lowest BCUT2D eigenvalue weighted by molar-refractivity contribution is 0.0343. The van der Waals surface area contributed by atoms with Gasteiger partial charge in [-0.15, -0.1) is 0 Å². The maximum absolute atomic E-state index is 5.80. The molecule has 0 spiro atoms. The van der Waals surface area contributed by atoms with Crippen LogP contribution in [-0.2, 0) is 17.6 Å². The van der Waals surface area contributed by atoms with Crippen LogP contribution in [0.5, 0.6) is 0 Å². The molecule has 1 heterocycles. The zero-order chi connectivity index (χ0) is 14.0. The molecule has 1 aliphatic rings. The first-order chi connectivity index (χ1) is 8.93. The molecule has 1 aromatic heterocycles. The molecule has 2 rings (SSSR count). The molecule has 0 atom stereocenters. The van der Waals surface area contributed by atoms with Gasteiger partial charge in [0.25, 0.3) is 0 Å². The number of nitrogens with two attached hydrogens (primary N) is 1. The van der Waals surface area contributed by atoms with Gasteiger partial charge in [0, 0.05) is 19.3 Å². The Morgan fingerprint density at radius 2 is 2.26 bits per heavy atom. The van der Waals surface area contributed by atoms with Crippen LogP contribution in [0.25, 0.3) is 0 Å². The molecular formula is C14H21N3OS. The van der Waals surface area contributed by atoms with Crippen LogP contribution in [0.4, 0.5) is 5.82 Å². The summed E-state index contributed by atoms with van der Waals surface area (Å²) in [7, 11) is 1.70. The number of nitrogens with one attached hydrogen (secondary N) is 1. The summed E-state index contributed by atoms with van der Waals surface area (Å²) in [5.74, 6) is 0.776. The van der Waals surface area contributed by atoms with Crippen molar-refractivity contribution in [1.29, 1.82) is 0 Å². The van der Waals surface area contributed by atoms with Gasteiger partial charge in [0.1, 0.15) is 10.8 Å². The fraction of sp³-hybridized carbons (Fsp3) is 0.571. The van der Waals surface area contributed by atoms with E-state index in [1.165, 1.54) is 5.56 Å². The van der Waals surface area contributed by atoms with Crippen LogP contribution in [0.3, 0.4) is 0 Å². The molecule has 4 nitrogen and oxygen atoms in total. The first kappa shape index (κ1) is 14.2. The fourth-order valence-electron chi connectivity index (χ4n) is 2.16. The van der Waals surface area contributed by atoms with Gasteiger partial charge in [0.05, 0.1) is 11.2 Å². The summed E-state index contributed by atoms with van der Waals surface area (Å²) in [5, 5.41) is 3.31. The third-order valence-electron chi connectivity index (χ3n) is 3.55. The lowest BCUT2D eigenvalue weighted by atomic mass is 10.1.